The van der Waals surface area contributed by atoms with Gasteiger partial charge in [0.1, 0.15) is 0 Å². The van der Waals surface area contributed by atoms with E-state index in [-0.39, 0.29) is 24.4 Å². The van der Waals surface area contributed by atoms with Gasteiger partial charge >= 0.3 is 0 Å². The van der Waals surface area contributed by atoms with Crippen LogP contribution in [0.2, 0.25) is 0 Å². The molecule has 100 valence electrons. The quantitative estimate of drug-likeness (QED) is 0.615. The molecule has 1 amide bonds. The Morgan fingerprint density at radius 3 is 2.82 bits per heavy atom. The Hall–Kier alpha value is -0.650. The molecule has 0 radical (unpaired) electrons. The summed E-state index contributed by atoms with van der Waals surface area (Å²) >= 11 is 0. The van der Waals surface area contributed by atoms with Crippen molar-refractivity contribution < 1.29 is 14.6 Å². The fourth-order valence-corrected chi connectivity index (χ4v) is 2.09. The number of aliphatic hydroxyl groups is 1. The van der Waals surface area contributed by atoms with Crippen molar-refractivity contribution in [2.24, 2.45) is 11.7 Å². The molecule has 1 aliphatic carbocycles. The number of nitrogens with two attached hydrogens (primary N) is 1. The lowest BCUT2D eigenvalue weighted by atomic mass is 10.0. The number of nitrogens with one attached hydrogen (secondary N) is 1. The molecule has 3 atom stereocenters. The number of carbonyl (C=O) groups excluding carboxylic acids is 1. The minimum Gasteiger partial charge on any atom is -0.388 e. The van der Waals surface area contributed by atoms with E-state index in [1.54, 1.807) is 14.0 Å². The van der Waals surface area contributed by atoms with Gasteiger partial charge in [0.25, 0.3) is 0 Å². The number of carbonyl (C=O) groups is 1. The molecule has 4 N–H and O–H groups in total. The Morgan fingerprint density at radius 1 is 1.59 bits per heavy atom. The number of rotatable bonds is 6. The first-order valence-electron chi connectivity index (χ1n) is 6.19. The van der Waals surface area contributed by atoms with Crippen molar-refractivity contribution in [1.29, 1.82) is 0 Å². The van der Waals surface area contributed by atoms with E-state index in [4.69, 9.17) is 10.5 Å². The van der Waals surface area contributed by atoms with Gasteiger partial charge in [-0.1, -0.05) is 0 Å². The highest BCUT2D eigenvalue weighted by molar-refractivity contribution is 5.79. The molecular formula is C12H24N2O3. The molecule has 5 heteroatoms. The van der Waals surface area contributed by atoms with Crippen molar-refractivity contribution in [2.45, 2.75) is 44.2 Å². The second-order valence-electron chi connectivity index (χ2n) is 5.23. The smallest absolute Gasteiger partial charge is 0.223 e. The number of methoxy groups -OCH3 is 1. The Balaban J connectivity index is 2.27. The summed E-state index contributed by atoms with van der Waals surface area (Å²) in [5.74, 6) is 0.0267. The van der Waals surface area contributed by atoms with Gasteiger partial charge in [0.05, 0.1) is 5.60 Å². The normalized spacial score (nSPS) is 27.8. The van der Waals surface area contributed by atoms with Crippen LogP contribution in [0.15, 0.2) is 0 Å². The Kier molecular flexibility index (Phi) is 5.36. The second kappa shape index (κ2) is 6.33. The van der Waals surface area contributed by atoms with Crippen LogP contribution in [0.1, 0.15) is 32.6 Å². The zero-order chi connectivity index (χ0) is 12.9. The van der Waals surface area contributed by atoms with Gasteiger partial charge in [0.2, 0.25) is 5.91 Å². The largest absolute Gasteiger partial charge is 0.388 e. The van der Waals surface area contributed by atoms with Gasteiger partial charge in [0.15, 0.2) is 0 Å². The summed E-state index contributed by atoms with van der Waals surface area (Å²) in [6, 6.07) is 0.153. The fraction of sp³-hybridized carbons (Fsp3) is 0.917. The van der Waals surface area contributed by atoms with E-state index in [1.165, 1.54) is 0 Å². The lowest BCUT2D eigenvalue weighted by Gasteiger charge is -2.24. The minimum atomic E-state index is -0.910. The van der Waals surface area contributed by atoms with Crippen molar-refractivity contribution in [2.75, 3.05) is 20.3 Å². The number of hydrogen-bond donors (Lipinski definition) is 3. The lowest BCUT2D eigenvalue weighted by molar-refractivity contribution is -0.126. The fourth-order valence-electron chi connectivity index (χ4n) is 2.09. The van der Waals surface area contributed by atoms with Crippen LogP contribution in [-0.4, -0.2) is 42.9 Å². The number of amides is 1. The predicted molar refractivity (Wildman–Crippen MR) is 65.4 cm³/mol. The highest BCUT2D eigenvalue weighted by Gasteiger charge is 2.29. The monoisotopic (exact) mass is 244 g/mol. The van der Waals surface area contributed by atoms with Crippen molar-refractivity contribution in [3.8, 4) is 0 Å². The third-order valence-electron chi connectivity index (χ3n) is 3.33. The van der Waals surface area contributed by atoms with E-state index >= 15 is 0 Å². The van der Waals surface area contributed by atoms with Gasteiger partial charge in [-0.3, -0.25) is 4.79 Å². The number of ether oxygens (including phenoxy) is 1. The molecule has 0 spiro atoms. The zero-order valence-corrected chi connectivity index (χ0v) is 10.7. The predicted octanol–water partition coefficient (Wildman–Crippen LogP) is 0.0175. The van der Waals surface area contributed by atoms with Crippen LogP contribution in [0.5, 0.6) is 0 Å². The molecule has 1 rings (SSSR count). The van der Waals surface area contributed by atoms with E-state index < -0.39 is 5.60 Å². The van der Waals surface area contributed by atoms with E-state index in [1.807, 2.05) is 0 Å². The van der Waals surface area contributed by atoms with Crippen LogP contribution in [0.3, 0.4) is 0 Å². The molecule has 0 saturated heterocycles. The topological polar surface area (TPSA) is 84.6 Å². The molecule has 0 aromatic rings. The summed E-state index contributed by atoms with van der Waals surface area (Å²) in [6.07, 6.45) is 3.03. The summed E-state index contributed by atoms with van der Waals surface area (Å²) in [5.41, 5.74) is 4.85. The number of hydrogen-bond acceptors (Lipinski definition) is 4. The molecular weight excluding hydrogens is 220 g/mol. The van der Waals surface area contributed by atoms with Gasteiger partial charge in [-0.15, -0.1) is 0 Å². The first kappa shape index (κ1) is 14.4. The van der Waals surface area contributed by atoms with Crippen molar-refractivity contribution >= 4 is 5.91 Å². The summed E-state index contributed by atoms with van der Waals surface area (Å²) in [7, 11) is 1.59. The van der Waals surface area contributed by atoms with E-state index in [0.29, 0.717) is 13.0 Å². The van der Waals surface area contributed by atoms with Crippen LogP contribution in [0, 0.1) is 5.92 Å². The van der Waals surface area contributed by atoms with Gasteiger partial charge < -0.3 is 20.9 Å². The summed E-state index contributed by atoms with van der Waals surface area (Å²) in [5, 5.41) is 12.8. The molecule has 1 saturated carbocycles. The van der Waals surface area contributed by atoms with Crippen LogP contribution < -0.4 is 11.1 Å². The lowest BCUT2D eigenvalue weighted by Crippen LogP contribution is -2.43. The van der Waals surface area contributed by atoms with E-state index in [2.05, 4.69) is 5.32 Å². The maximum Gasteiger partial charge on any atom is 0.223 e. The minimum absolute atomic E-state index is 0.00985. The standard InChI is InChI=1S/C12H24N2O3/c1-12(16,5-6-17-2)8-14-11(15)9-3-4-10(13)7-9/h9-10,16H,3-8,13H2,1-2H3,(H,14,15). The molecule has 1 fully saturated rings. The van der Waals surface area contributed by atoms with Gasteiger partial charge in [-0.05, 0) is 26.2 Å². The molecule has 1 aliphatic rings. The van der Waals surface area contributed by atoms with Gasteiger partial charge in [-0.2, -0.15) is 0 Å². The Morgan fingerprint density at radius 2 is 2.29 bits per heavy atom. The first-order valence-corrected chi connectivity index (χ1v) is 6.19. The summed E-state index contributed by atoms with van der Waals surface area (Å²) < 4.78 is 4.91. The maximum atomic E-state index is 11.8. The molecule has 0 aromatic heterocycles. The van der Waals surface area contributed by atoms with Gasteiger partial charge in [0, 0.05) is 38.6 Å². The molecule has 0 heterocycles. The van der Waals surface area contributed by atoms with Crippen LogP contribution in [0.4, 0.5) is 0 Å². The van der Waals surface area contributed by atoms with Crippen molar-refractivity contribution in [1.82, 2.24) is 5.32 Å². The maximum absolute atomic E-state index is 11.8. The second-order valence-corrected chi connectivity index (χ2v) is 5.23. The average Bonchev–Trinajstić information content (AvgIpc) is 2.70. The summed E-state index contributed by atoms with van der Waals surface area (Å²) in [4.78, 5) is 11.8. The van der Waals surface area contributed by atoms with E-state index in [9.17, 15) is 9.90 Å². The van der Waals surface area contributed by atoms with Crippen molar-refractivity contribution in [3.05, 3.63) is 0 Å². The zero-order valence-electron chi connectivity index (χ0n) is 10.7. The van der Waals surface area contributed by atoms with Crippen molar-refractivity contribution in [3.63, 3.8) is 0 Å². The molecule has 5 nitrogen and oxygen atoms in total. The highest BCUT2D eigenvalue weighted by Crippen LogP contribution is 2.24. The molecule has 17 heavy (non-hydrogen) atoms. The molecule has 0 bridgehead atoms. The molecule has 0 aliphatic heterocycles. The Labute approximate surface area is 103 Å². The van der Waals surface area contributed by atoms with Crippen LogP contribution >= 0.6 is 0 Å². The third kappa shape index (κ3) is 5.02. The SMILES string of the molecule is COCCC(C)(O)CNC(=O)C1CCC(N)C1. The molecule has 3 unspecified atom stereocenters. The summed E-state index contributed by atoms with van der Waals surface area (Å²) in [6.45, 7) is 2.45. The van der Waals surface area contributed by atoms with Gasteiger partial charge in [-0.25, -0.2) is 0 Å². The first-order chi connectivity index (χ1) is 7.94. The average molecular weight is 244 g/mol. The molecule has 0 aromatic carbocycles. The Bertz CT molecular complexity index is 256. The third-order valence-corrected chi connectivity index (χ3v) is 3.33. The van der Waals surface area contributed by atoms with E-state index in [0.717, 1.165) is 19.3 Å². The van der Waals surface area contributed by atoms with Crippen LogP contribution in [0.25, 0.3) is 0 Å². The van der Waals surface area contributed by atoms with Crippen LogP contribution in [-0.2, 0) is 9.53 Å². The highest BCUT2D eigenvalue weighted by atomic mass is 16.5.